The molecule has 8 rings (SSSR count). The van der Waals surface area contributed by atoms with E-state index in [0.29, 0.717) is 36.7 Å². The van der Waals surface area contributed by atoms with Gasteiger partial charge in [-0.15, -0.1) is 11.3 Å². The lowest BCUT2D eigenvalue weighted by atomic mass is 9.85. The highest BCUT2D eigenvalue weighted by molar-refractivity contribution is 7.13. The van der Waals surface area contributed by atoms with Gasteiger partial charge in [0.2, 0.25) is 17.7 Å². The molecule has 26 heteroatoms. The van der Waals surface area contributed by atoms with E-state index in [1.807, 2.05) is 31.2 Å². The van der Waals surface area contributed by atoms with E-state index >= 15 is 0 Å². The van der Waals surface area contributed by atoms with Crippen LogP contribution in [0, 0.1) is 12.3 Å². The number of benzene rings is 3. The molecule has 2 aromatic heterocycles. The normalized spacial score (nSPS) is 16.9. The van der Waals surface area contributed by atoms with Crippen LogP contribution in [-0.2, 0) is 55.9 Å². The molecule has 2 fully saturated rings. The van der Waals surface area contributed by atoms with Gasteiger partial charge in [-0.3, -0.25) is 33.6 Å². The Bertz CT molecular complexity index is 3260. The number of aromatic nitrogens is 2. The molecule has 4 atom stereocenters. The van der Waals surface area contributed by atoms with Crippen molar-refractivity contribution < 1.29 is 76.4 Å². The number of nitrogens with zero attached hydrogens (tertiary/aromatic N) is 4. The van der Waals surface area contributed by atoms with Crippen LogP contribution in [0.25, 0.3) is 21.8 Å². The molecule has 0 radical (unpaired) electrons. The van der Waals surface area contributed by atoms with E-state index < -0.39 is 58.8 Å². The number of carbonyl (C=O) groups is 7. The van der Waals surface area contributed by atoms with Gasteiger partial charge in [-0.25, -0.2) is 9.37 Å². The number of β-amino-alcohol motifs (C(OH)–C–C–N with tert-alkyl or cyclic N) is 1. The molecule has 24 nitrogen and oxygen atoms in total. The fraction of sp³-hybridized carbons (Fsp3) is 0.500. The first kappa shape index (κ1) is 66.1. The van der Waals surface area contributed by atoms with E-state index in [-0.39, 0.29) is 139 Å². The number of hydrogen-bond acceptors (Lipinski definition) is 18. The molecule has 2 aliphatic carbocycles. The number of nitrogens with one attached hydrogen (secondary N) is 5. The maximum Gasteiger partial charge on any atom is 0.273 e. The predicted octanol–water partition coefficient (Wildman–Crippen LogP) is 4.35. The number of aliphatic hydroxyl groups is 1. The van der Waals surface area contributed by atoms with Crippen LogP contribution in [0.4, 0.5) is 4.39 Å². The Morgan fingerprint density at radius 2 is 1.56 bits per heavy atom. The first-order valence-electron chi connectivity index (χ1n) is 29.4. The SMILES string of the molecule is Cc1ncsc1-c1ccc(CNC(=O)[C@@H]2C[C@@H](O)CN2C(=O)[C@@H](NC(=O)C2(F)CC2)C(C)(C)C)c(OCC(=O)NCCOCCOCCOCCOCCC(=O)NCCN(C)C(=O)c2ccc(-c3cc(C(=O)N[C@@H]4CCc5ccccc54)no3)cc2O)c1. The summed E-state index contributed by atoms with van der Waals surface area (Å²) in [5, 5.41) is 39.2. The first-order valence-corrected chi connectivity index (χ1v) is 30.3. The lowest BCUT2D eigenvalue weighted by Crippen LogP contribution is -2.59. The zero-order valence-electron chi connectivity index (χ0n) is 50.2. The van der Waals surface area contributed by atoms with Crippen molar-refractivity contribution in [2.24, 2.45) is 5.41 Å². The quantitative estimate of drug-likeness (QED) is 0.0295. The van der Waals surface area contributed by atoms with Crippen LogP contribution < -0.4 is 31.3 Å². The summed E-state index contributed by atoms with van der Waals surface area (Å²) in [5.41, 5.74) is 3.89. The van der Waals surface area contributed by atoms with Crippen molar-refractivity contribution >= 4 is 52.7 Å². The van der Waals surface area contributed by atoms with Gasteiger partial charge >= 0.3 is 0 Å². The minimum Gasteiger partial charge on any atom is -0.507 e. The number of likely N-dealkylation sites (N-methyl/N-ethyl adjacent to an activating group) is 1. The lowest BCUT2D eigenvalue weighted by molar-refractivity contribution is -0.145. The summed E-state index contributed by atoms with van der Waals surface area (Å²) in [6.07, 6.45) is 0.883. The predicted molar refractivity (Wildman–Crippen MR) is 320 cm³/mol. The average molecular weight is 1240 g/mol. The minimum atomic E-state index is -2.01. The second-order valence-corrected chi connectivity index (χ2v) is 23.8. The number of thiazole rings is 1. The zero-order valence-corrected chi connectivity index (χ0v) is 51.0. The summed E-state index contributed by atoms with van der Waals surface area (Å²) in [6.45, 7) is 9.18. The molecule has 474 valence electrons. The second kappa shape index (κ2) is 30.8. The fourth-order valence-corrected chi connectivity index (χ4v) is 10.8. The highest BCUT2D eigenvalue weighted by Crippen LogP contribution is 2.41. The number of phenols is 1. The Morgan fingerprint density at radius 1 is 0.864 bits per heavy atom. The molecule has 3 aliphatic rings. The number of carbonyl (C=O) groups excluding carboxylic acids is 7. The van der Waals surface area contributed by atoms with Crippen LogP contribution in [0.2, 0.25) is 0 Å². The molecule has 0 unspecified atom stereocenters. The van der Waals surface area contributed by atoms with Gasteiger partial charge in [0.05, 0.1) is 86.6 Å². The van der Waals surface area contributed by atoms with Crippen LogP contribution >= 0.6 is 11.3 Å². The molecule has 0 spiro atoms. The van der Waals surface area contributed by atoms with Crippen LogP contribution in [0.3, 0.4) is 0 Å². The minimum absolute atomic E-state index is 0.0393. The van der Waals surface area contributed by atoms with Gasteiger partial charge < -0.3 is 74.8 Å². The average Bonchev–Trinajstić information content (AvgIpc) is 3.32. The van der Waals surface area contributed by atoms with E-state index in [0.717, 1.165) is 34.5 Å². The number of ether oxygens (including phenoxy) is 5. The van der Waals surface area contributed by atoms with Crippen molar-refractivity contribution in [2.75, 3.05) is 92.7 Å². The van der Waals surface area contributed by atoms with Crippen molar-refractivity contribution in [3.8, 4) is 33.3 Å². The van der Waals surface area contributed by atoms with Crippen LogP contribution in [-0.4, -0.2) is 188 Å². The Hall–Kier alpha value is -7.88. The van der Waals surface area contributed by atoms with Crippen molar-refractivity contribution in [1.29, 1.82) is 0 Å². The highest BCUT2D eigenvalue weighted by atomic mass is 32.1. The van der Waals surface area contributed by atoms with Gasteiger partial charge in [0.25, 0.3) is 23.6 Å². The number of aromatic hydroxyl groups is 1. The second-order valence-electron chi connectivity index (χ2n) is 22.9. The molecular formula is C62H78FN9O15S. The number of aliphatic hydroxyl groups excluding tert-OH is 1. The Labute approximate surface area is 513 Å². The Kier molecular flexibility index (Phi) is 23.2. The first-order chi connectivity index (χ1) is 42.2. The molecule has 1 aliphatic heterocycles. The van der Waals surface area contributed by atoms with Gasteiger partial charge in [-0.05, 0) is 72.9 Å². The molecular weight excluding hydrogens is 1160 g/mol. The molecule has 0 bridgehead atoms. The molecule has 3 heterocycles. The van der Waals surface area contributed by atoms with Gasteiger partial charge in [0.1, 0.15) is 23.6 Å². The third-order valence-electron chi connectivity index (χ3n) is 15.2. The smallest absolute Gasteiger partial charge is 0.273 e. The summed E-state index contributed by atoms with van der Waals surface area (Å²) in [5.74, 6) is -3.22. The van der Waals surface area contributed by atoms with Crippen LogP contribution in [0.15, 0.2) is 76.8 Å². The maximum atomic E-state index is 14.7. The highest BCUT2D eigenvalue weighted by Gasteiger charge is 2.53. The summed E-state index contributed by atoms with van der Waals surface area (Å²) in [6, 6.07) is 16.9. The monoisotopic (exact) mass is 1240 g/mol. The molecule has 5 aromatic rings. The summed E-state index contributed by atoms with van der Waals surface area (Å²) in [4.78, 5) is 99.6. The van der Waals surface area contributed by atoms with Gasteiger partial charge in [-0.1, -0.05) is 68.4 Å². The van der Waals surface area contributed by atoms with Gasteiger partial charge in [0.15, 0.2) is 23.7 Å². The van der Waals surface area contributed by atoms with Crippen LogP contribution in [0.1, 0.15) is 102 Å². The molecule has 88 heavy (non-hydrogen) atoms. The molecule has 3 aromatic carbocycles. The number of aryl methyl sites for hydroxylation is 2. The fourth-order valence-electron chi connectivity index (χ4n) is 10.0. The van der Waals surface area contributed by atoms with Crippen molar-refractivity contribution in [2.45, 2.75) is 103 Å². The van der Waals surface area contributed by atoms with E-state index in [9.17, 15) is 48.2 Å². The number of likely N-dealkylation sites (tertiary alicyclic amines) is 1. The van der Waals surface area contributed by atoms with Crippen molar-refractivity contribution in [3.05, 3.63) is 106 Å². The van der Waals surface area contributed by atoms with Gasteiger partial charge in [0, 0.05) is 69.8 Å². The van der Waals surface area contributed by atoms with E-state index in [1.165, 1.54) is 44.9 Å². The molecule has 7 N–H and O–H groups in total. The maximum absolute atomic E-state index is 14.7. The van der Waals surface area contributed by atoms with E-state index in [1.54, 1.807) is 51.5 Å². The number of halogens is 1. The van der Waals surface area contributed by atoms with Crippen LogP contribution in [0.5, 0.6) is 11.5 Å². The van der Waals surface area contributed by atoms with E-state index in [2.05, 4.69) is 42.8 Å². The summed E-state index contributed by atoms with van der Waals surface area (Å²) in [7, 11) is 1.56. The van der Waals surface area contributed by atoms with Crippen molar-refractivity contribution in [1.82, 2.24) is 46.5 Å². The molecule has 1 saturated heterocycles. The standard InChI is InChI=1S/C62H78FN9O15S/c1-38-54(88-37-67-38)41-10-11-42(34-66-57(78)48-32-43(73)35-72(48)59(80)55(61(2,3)4)69-60(81)62(63)17-18-62)50(31-41)86-36-53(76)65-20-23-83-25-27-85-29-28-84-26-24-82-22-16-52(75)64-19-21-71(5)58(79)45-14-12-40(30-49(45)74)51-33-47(70-87-51)56(77)68-46-15-13-39-8-6-7-9-44(39)46/h6-12,14,30-31,33,37,43,46,48,55,73-74H,13,15-29,32,34-36H2,1-5H3,(H,64,75)(H,65,76)(H,66,78)(H,68,77)(H,69,81)/t43-,46-,48+,55-/m1/s1. The third-order valence-corrected chi connectivity index (χ3v) is 16.2. The Balaban J connectivity index is 0.644. The number of fused-ring (bicyclic) bond motifs is 1. The Morgan fingerprint density at radius 3 is 2.25 bits per heavy atom. The summed E-state index contributed by atoms with van der Waals surface area (Å²) >= 11 is 1.44. The molecule has 1 saturated carbocycles. The number of rotatable bonds is 32. The number of amides is 7. The third kappa shape index (κ3) is 18.1. The number of phenolic OH excluding ortho intramolecular Hbond substituents is 1. The van der Waals surface area contributed by atoms with E-state index in [4.69, 9.17) is 28.2 Å². The van der Waals surface area contributed by atoms with Crippen molar-refractivity contribution in [3.63, 3.8) is 0 Å². The summed E-state index contributed by atoms with van der Waals surface area (Å²) < 4.78 is 48.3. The number of hydrogen-bond donors (Lipinski definition) is 7. The largest absolute Gasteiger partial charge is 0.507 e. The zero-order chi connectivity index (χ0) is 63.0. The number of alkyl halides is 1. The molecule has 7 amide bonds. The lowest BCUT2D eigenvalue weighted by Gasteiger charge is -2.35. The topological polar surface area (TPSA) is 312 Å². The van der Waals surface area contributed by atoms with Gasteiger partial charge in [-0.2, -0.15) is 0 Å².